The van der Waals surface area contributed by atoms with Crippen LogP contribution in [-0.4, -0.2) is 60.5 Å². The van der Waals surface area contributed by atoms with Gasteiger partial charge in [0.1, 0.15) is 11.9 Å². The van der Waals surface area contributed by atoms with E-state index in [0.29, 0.717) is 4.57 Å². The van der Waals surface area contributed by atoms with Crippen molar-refractivity contribution < 1.29 is 38.6 Å². The number of aliphatic hydroxyl groups excluding tert-OH is 2. The van der Waals surface area contributed by atoms with Crippen LogP contribution in [0.1, 0.15) is 17.8 Å². The maximum atomic E-state index is 14.2. The monoisotopic (exact) mass is 442 g/mol. The molecular weight excluding hydrogens is 426 g/mol. The van der Waals surface area contributed by atoms with Gasteiger partial charge in [-0.25, -0.2) is 9.59 Å². The lowest BCUT2D eigenvalue weighted by Gasteiger charge is -2.21. The number of nitrogens with one attached hydrogen (secondary N) is 1. The van der Waals surface area contributed by atoms with Gasteiger partial charge in [-0.15, -0.1) is 0 Å². The zero-order valence-corrected chi connectivity index (χ0v) is 15.5. The highest BCUT2D eigenvalue weighted by atomic mass is 19.3. The Bertz CT molecular complexity index is 1050. The van der Waals surface area contributed by atoms with Gasteiger partial charge in [0, 0.05) is 18.3 Å². The quantitative estimate of drug-likeness (QED) is 0.344. The predicted octanol–water partition coefficient (Wildman–Crippen LogP) is 0.275. The zero-order valence-electron chi connectivity index (χ0n) is 15.5. The minimum atomic E-state index is -3.89. The average Bonchev–Trinajstić information content (AvgIpc) is 2.95. The molecule has 1 aromatic heterocycles. The van der Waals surface area contributed by atoms with Crippen molar-refractivity contribution in [2.75, 3.05) is 11.9 Å². The average molecular weight is 442 g/mol. The molecule has 1 saturated heterocycles. The number of nitrogens with zero attached hydrogens (tertiary/aromatic N) is 3. The molecule has 31 heavy (non-hydrogen) atoms. The Kier molecular flexibility index (Phi) is 5.97. The molecule has 0 aliphatic carbocycles. The molecule has 1 unspecified atom stereocenters. The van der Waals surface area contributed by atoms with E-state index in [1.165, 1.54) is 12.1 Å². The summed E-state index contributed by atoms with van der Waals surface area (Å²) in [6, 6.07) is 4.19. The largest absolute Gasteiger partial charge is 0.479 e. The second-order valence-electron chi connectivity index (χ2n) is 6.60. The Labute approximate surface area is 171 Å². The number of carbonyl (C=O) groups is 1. The van der Waals surface area contributed by atoms with Crippen LogP contribution in [-0.2, 0) is 9.53 Å². The molecule has 0 radical (unpaired) electrons. The lowest BCUT2D eigenvalue weighted by atomic mass is 10.1. The van der Waals surface area contributed by atoms with Crippen LogP contribution in [0.3, 0.4) is 0 Å². The number of aliphatic carboxylic acids is 1. The number of alkyl halides is 2. The Hall–Kier alpha value is -3.49. The summed E-state index contributed by atoms with van der Waals surface area (Å²) in [5.41, 5.74) is -1.37. The van der Waals surface area contributed by atoms with Gasteiger partial charge in [-0.2, -0.15) is 13.8 Å². The number of benzene rings is 1. The third-order valence-corrected chi connectivity index (χ3v) is 4.62. The summed E-state index contributed by atoms with van der Waals surface area (Å²) in [4.78, 5) is 37.4. The Morgan fingerprint density at radius 2 is 2.00 bits per heavy atom. The first-order valence-corrected chi connectivity index (χ1v) is 8.71. The molecule has 166 valence electrons. The van der Waals surface area contributed by atoms with Gasteiger partial charge in [0.15, 0.2) is 12.1 Å². The first-order chi connectivity index (χ1) is 14.6. The van der Waals surface area contributed by atoms with Gasteiger partial charge in [0.25, 0.3) is 5.69 Å². The van der Waals surface area contributed by atoms with Crippen LogP contribution < -0.4 is 11.0 Å². The SMILES string of the molecule is O=C(O)C(Nc1ccn([C@@H]2O[C@H](CO)[C@@H](O)C2(F)F)c(=O)n1)c1ccc([N+](=O)[O-])cc1. The van der Waals surface area contributed by atoms with Gasteiger partial charge >= 0.3 is 17.6 Å². The summed E-state index contributed by atoms with van der Waals surface area (Å²) < 4.78 is 33.7. The summed E-state index contributed by atoms with van der Waals surface area (Å²) in [6.45, 7) is -0.898. The van der Waals surface area contributed by atoms with Crippen molar-refractivity contribution >= 4 is 17.5 Å². The fourth-order valence-corrected chi connectivity index (χ4v) is 3.01. The number of aromatic nitrogens is 2. The van der Waals surface area contributed by atoms with E-state index >= 15 is 0 Å². The van der Waals surface area contributed by atoms with Gasteiger partial charge in [-0.05, 0) is 23.8 Å². The molecule has 0 bridgehead atoms. The van der Waals surface area contributed by atoms with E-state index in [-0.39, 0.29) is 17.1 Å². The van der Waals surface area contributed by atoms with Gasteiger partial charge in [-0.1, -0.05) is 0 Å². The molecule has 3 rings (SSSR count). The number of non-ortho nitro benzene ring substituents is 1. The maximum absolute atomic E-state index is 14.2. The molecule has 0 saturated carbocycles. The van der Waals surface area contributed by atoms with Crippen LogP contribution in [0.4, 0.5) is 20.3 Å². The third-order valence-electron chi connectivity index (χ3n) is 4.62. The number of nitro benzene ring substituents is 1. The number of nitro groups is 1. The van der Waals surface area contributed by atoms with Crippen molar-refractivity contribution in [3.8, 4) is 0 Å². The third kappa shape index (κ3) is 4.21. The standard InChI is InChI=1S/C17H16F2N4O8/c18-17(19)13(25)10(7-24)31-15(17)22-6-5-11(21-16(22)28)20-12(14(26)27)8-1-3-9(4-2-8)23(29)30/h1-6,10,12-13,15,24-25H,7H2,(H,26,27)(H,20,21,28)/t10-,12?,13-,15-/m1/s1. The van der Waals surface area contributed by atoms with Crippen molar-refractivity contribution in [2.45, 2.75) is 30.4 Å². The lowest BCUT2D eigenvalue weighted by molar-refractivity contribution is -0.384. The van der Waals surface area contributed by atoms with Crippen molar-refractivity contribution in [1.29, 1.82) is 0 Å². The van der Waals surface area contributed by atoms with E-state index in [1.54, 1.807) is 0 Å². The highest BCUT2D eigenvalue weighted by Crippen LogP contribution is 2.42. The molecule has 1 aliphatic rings. The molecule has 1 aliphatic heterocycles. The summed E-state index contributed by atoms with van der Waals surface area (Å²) >= 11 is 0. The number of aliphatic hydroxyl groups is 2. The number of carboxylic acids is 1. The first kappa shape index (κ1) is 22.2. The molecule has 12 nitrogen and oxygen atoms in total. The molecule has 0 amide bonds. The summed E-state index contributed by atoms with van der Waals surface area (Å²) in [7, 11) is 0. The summed E-state index contributed by atoms with van der Waals surface area (Å²) in [5, 5.41) is 41.2. The molecule has 2 aromatic rings. The van der Waals surface area contributed by atoms with Gasteiger partial charge in [0.05, 0.1) is 11.5 Å². The number of rotatable bonds is 7. The second kappa shape index (κ2) is 8.33. The highest BCUT2D eigenvalue weighted by Gasteiger charge is 2.59. The second-order valence-corrected chi connectivity index (χ2v) is 6.60. The fourth-order valence-electron chi connectivity index (χ4n) is 3.01. The number of hydrogen-bond acceptors (Lipinski definition) is 9. The van der Waals surface area contributed by atoms with E-state index in [4.69, 9.17) is 9.84 Å². The number of carboxylic acid groups (broad SMARTS) is 1. The molecule has 14 heteroatoms. The van der Waals surface area contributed by atoms with Gasteiger partial charge in [-0.3, -0.25) is 14.7 Å². The van der Waals surface area contributed by atoms with Crippen LogP contribution in [0.15, 0.2) is 41.3 Å². The van der Waals surface area contributed by atoms with E-state index in [2.05, 4.69) is 10.3 Å². The molecule has 1 aromatic carbocycles. The van der Waals surface area contributed by atoms with Crippen LogP contribution in [0, 0.1) is 10.1 Å². The molecule has 2 heterocycles. The van der Waals surface area contributed by atoms with Crippen molar-refractivity contribution in [1.82, 2.24) is 9.55 Å². The van der Waals surface area contributed by atoms with E-state index in [1.807, 2.05) is 0 Å². The number of anilines is 1. The van der Waals surface area contributed by atoms with Crippen LogP contribution in [0.5, 0.6) is 0 Å². The maximum Gasteiger partial charge on any atom is 0.351 e. The van der Waals surface area contributed by atoms with Crippen LogP contribution in [0.25, 0.3) is 0 Å². The Morgan fingerprint density at radius 3 is 2.48 bits per heavy atom. The van der Waals surface area contributed by atoms with Gasteiger partial charge in [0.2, 0.25) is 6.23 Å². The predicted molar refractivity (Wildman–Crippen MR) is 97.5 cm³/mol. The summed E-state index contributed by atoms with van der Waals surface area (Å²) in [6.07, 6.45) is -5.30. The molecular formula is C17H16F2N4O8. The highest BCUT2D eigenvalue weighted by molar-refractivity contribution is 5.79. The Balaban J connectivity index is 1.86. The number of halogens is 2. The number of hydrogen-bond donors (Lipinski definition) is 4. The van der Waals surface area contributed by atoms with Gasteiger partial charge < -0.3 is 25.4 Å². The Morgan fingerprint density at radius 1 is 1.35 bits per heavy atom. The topological polar surface area (TPSA) is 177 Å². The van der Waals surface area contributed by atoms with Crippen molar-refractivity contribution in [3.63, 3.8) is 0 Å². The normalized spacial score (nSPS) is 23.3. The summed E-state index contributed by atoms with van der Waals surface area (Å²) in [5.74, 6) is -5.55. The van der Waals surface area contributed by atoms with Crippen molar-refractivity contribution in [3.05, 3.63) is 62.7 Å². The van der Waals surface area contributed by atoms with Crippen molar-refractivity contribution in [2.24, 2.45) is 0 Å². The molecule has 4 atom stereocenters. The minimum Gasteiger partial charge on any atom is -0.479 e. The first-order valence-electron chi connectivity index (χ1n) is 8.71. The van der Waals surface area contributed by atoms with Crippen LogP contribution >= 0.6 is 0 Å². The fraction of sp³-hybridized carbons (Fsp3) is 0.353. The molecule has 4 N–H and O–H groups in total. The van der Waals surface area contributed by atoms with E-state index in [9.17, 15) is 38.7 Å². The lowest BCUT2D eigenvalue weighted by Crippen LogP contribution is -2.41. The smallest absolute Gasteiger partial charge is 0.351 e. The molecule has 0 spiro atoms. The molecule has 1 fully saturated rings. The minimum absolute atomic E-state index is 0.114. The number of ether oxygens (including phenoxy) is 1. The van der Waals surface area contributed by atoms with E-state index in [0.717, 1.165) is 24.4 Å². The zero-order chi connectivity index (χ0) is 22.9. The van der Waals surface area contributed by atoms with Crippen LogP contribution in [0.2, 0.25) is 0 Å². The van der Waals surface area contributed by atoms with E-state index < -0.39 is 53.6 Å².